The molecule has 0 radical (unpaired) electrons. The number of hydrogen-bond acceptors (Lipinski definition) is 4. The summed E-state index contributed by atoms with van der Waals surface area (Å²) in [5.74, 6) is 0.477. The third kappa shape index (κ3) is 6.39. The fourth-order valence-electron chi connectivity index (χ4n) is 1.72. The topological polar surface area (TPSA) is 38.3 Å². The van der Waals surface area contributed by atoms with Gasteiger partial charge in [-0.15, -0.1) is 0 Å². The van der Waals surface area contributed by atoms with E-state index < -0.39 is 0 Å². The van der Waals surface area contributed by atoms with E-state index in [9.17, 15) is 9.18 Å². The van der Waals surface area contributed by atoms with Crippen molar-refractivity contribution in [3.8, 4) is 5.75 Å². The van der Waals surface area contributed by atoms with Crippen LogP contribution in [0.1, 0.15) is 32.3 Å². The minimum atomic E-state index is -0.289. The highest BCUT2D eigenvalue weighted by molar-refractivity contribution is 7.80. The van der Waals surface area contributed by atoms with Gasteiger partial charge in [0.2, 0.25) is 0 Å². The van der Waals surface area contributed by atoms with Crippen molar-refractivity contribution in [1.82, 2.24) is 5.32 Å². The average molecular weight is 299 g/mol. The molecule has 1 atom stereocenters. The van der Waals surface area contributed by atoms with Gasteiger partial charge in [-0.25, -0.2) is 4.39 Å². The van der Waals surface area contributed by atoms with E-state index in [-0.39, 0.29) is 17.0 Å². The maximum Gasteiger partial charge on any atom is 0.132 e. The van der Waals surface area contributed by atoms with Gasteiger partial charge in [-0.1, -0.05) is 6.92 Å². The van der Waals surface area contributed by atoms with E-state index in [1.54, 1.807) is 12.1 Å². The lowest BCUT2D eigenvalue weighted by Gasteiger charge is -2.11. The molecular weight excluding hydrogens is 277 g/mol. The lowest BCUT2D eigenvalue weighted by atomic mass is 10.1. The first kappa shape index (κ1) is 17.0. The van der Waals surface area contributed by atoms with Crippen molar-refractivity contribution in [3.05, 3.63) is 29.6 Å². The summed E-state index contributed by atoms with van der Waals surface area (Å²) in [4.78, 5) is 11.3. The Labute approximate surface area is 125 Å². The predicted molar refractivity (Wildman–Crippen MR) is 82.0 cm³/mol. The Balaban J connectivity index is 2.50. The van der Waals surface area contributed by atoms with Gasteiger partial charge in [-0.3, -0.25) is 4.79 Å². The molecule has 0 saturated heterocycles. The highest BCUT2D eigenvalue weighted by Gasteiger charge is 2.07. The molecule has 1 aromatic carbocycles. The largest absolute Gasteiger partial charge is 0.492 e. The Bertz CT molecular complexity index is 438. The van der Waals surface area contributed by atoms with E-state index in [1.807, 2.05) is 13.8 Å². The van der Waals surface area contributed by atoms with Crippen LogP contribution < -0.4 is 10.1 Å². The average Bonchev–Trinajstić information content (AvgIpc) is 2.43. The van der Waals surface area contributed by atoms with E-state index in [0.717, 1.165) is 0 Å². The number of carbonyl (C=O) groups is 1. The van der Waals surface area contributed by atoms with Crippen molar-refractivity contribution in [3.63, 3.8) is 0 Å². The number of rotatable bonds is 9. The Morgan fingerprint density at radius 3 is 2.90 bits per heavy atom. The summed E-state index contributed by atoms with van der Waals surface area (Å²) in [5, 5.41) is 3.22. The third-order valence-corrected chi connectivity index (χ3v) is 3.08. The monoisotopic (exact) mass is 299 g/mol. The minimum Gasteiger partial charge on any atom is -0.492 e. The van der Waals surface area contributed by atoms with Gasteiger partial charge in [0.25, 0.3) is 0 Å². The smallest absolute Gasteiger partial charge is 0.132 e. The molecule has 1 N–H and O–H groups in total. The Morgan fingerprint density at radius 1 is 1.50 bits per heavy atom. The van der Waals surface area contributed by atoms with Crippen molar-refractivity contribution in [2.24, 2.45) is 0 Å². The molecule has 0 amide bonds. The van der Waals surface area contributed by atoms with Gasteiger partial charge >= 0.3 is 0 Å². The number of benzene rings is 1. The van der Waals surface area contributed by atoms with Crippen LogP contribution in [0.5, 0.6) is 5.75 Å². The minimum absolute atomic E-state index is 0.113. The van der Waals surface area contributed by atoms with Crippen molar-refractivity contribution in [2.75, 3.05) is 13.2 Å². The van der Waals surface area contributed by atoms with Gasteiger partial charge in [0, 0.05) is 24.8 Å². The van der Waals surface area contributed by atoms with E-state index in [4.69, 9.17) is 4.74 Å². The molecule has 0 saturated carbocycles. The first-order valence-corrected chi connectivity index (χ1v) is 7.39. The molecule has 1 aromatic rings. The highest BCUT2D eigenvalue weighted by Crippen LogP contribution is 2.18. The molecule has 20 heavy (non-hydrogen) atoms. The second kappa shape index (κ2) is 8.97. The third-order valence-electron chi connectivity index (χ3n) is 2.90. The first-order valence-electron chi connectivity index (χ1n) is 6.87. The van der Waals surface area contributed by atoms with E-state index in [2.05, 4.69) is 17.9 Å². The van der Waals surface area contributed by atoms with Crippen molar-refractivity contribution < 1.29 is 13.9 Å². The van der Waals surface area contributed by atoms with Gasteiger partial charge in [0.1, 0.15) is 24.0 Å². The predicted octanol–water partition coefficient (Wildman–Crippen LogP) is 2.98. The van der Waals surface area contributed by atoms with E-state index in [0.29, 0.717) is 43.7 Å². The zero-order chi connectivity index (χ0) is 15.0. The van der Waals surface area contributed by atoms with Crippen LogP contribution in [0.25, 0.3) is 0 Å². The summed E-state index contributed by atoms with van der Waals surface area (Å²) in [6, 6.07) is 4.66. The number of hydrogen-bond donors (Lipinski definition) is 2. The van der Waals surface area contributed by atoms with Crippen molar-refractivity contribution in [1.29, 1.82) is 0 Å². The molecule has 0 aromatic heterocycles. The molecule has 1 rings (SSSR count). The maximum absolute atomic E-state index is 13.6. The second-order valence-corrected chi connectivity index (χ2v) is 5.40. The molecule has 0 fully saturated rings. The molecule has 1 unspecified atom stereocenters. The molecule has 5 heteroatoms. The van der Waals surface area contributed by atoms with Gasteiger partial charge in [-0.05, 0) is 37.1 Å². The summed E-state index contributed by atoms with van der Waals surface area (Å²) in [6.07, 6.45) is 1.28. The number of nitrogens with one attached hydrogen (secondary N) is 1. The quantitative estimate of drug-likeness (QED) is 0.418. The molecule has 112 valence electrons. The number of Topliss-reactive ketones (excluding diaryl/α,β-unsaturated/α-hetero) is 1. The molecule has 0 aliphatic heterocycles. The summed E-state index contributed by atoms with van der Waals surface area (Å²) >= 11 is 4.20. The molecule has 0 aliphatic carbocycles. The summed E-state index contributed by atoms with van der Waals surface area (Å²) in [5.41, 5.74) is 0.528. The summed E-state index contributed by atoms with van der Waals surface area (Å²) < 4.78 is 19.2. The molecule has 0 bridgehead atoms. The fraction of sp³-hybridized carbons (Fsp3) is 0.533. The first-order chi connectivity index (χ1) is 9.52. The van der Waals surface area contributed by atoms with Crippen molar-refractivity contribution in [2.45, 2.75) is 38.5 Å². The van der Waals surface area contributed by atoms with Crippen LogP contribution in [-0.2, 0) is 11.2 Å². The van der Waals surface area contributed by atoms with E-state index >= 15 is 0 Å². The fourth-order valence-corrected chi connectivity index (χ4v) is 1.85. The van der Waals surface area contributed by atoms with Crippen LogP contribution in [0.3, 0.4) is 0 Å². The van der Waals surface area contributed by atoms with Gasteiger partial charge in [0.15, 0.2) is 0 Å². The van der Waals surface area contributed by atoms with Crippen LogP contribution in [0.15, 0.2) is 18.2 Å². The maximum atomic E-state index is 13.6. The number of thiol groups is 1. The van der Waals surface area contributed by atoms with Crippen LogP contribution in [0.2, 0.25) is 0 Å². The van der Waals surface area contributed by atoms with Gasteiger partial charge in [-0.2, -0.15) is 12.6 Å². The standard InChI is InChI=1S/C15H22FNO2S/c1-3-13(18)5-4-12-10-14(6-7-15(12)16)19-9-8-17-11(2)20/h6-7,10-11,17,20H,3-5,8-9H2,1-2H3. The summed E-state index contributed by atoms with van der Waals surface area (Å²) in [7, 11) is 0. The van der Waals surface area contributed by atoms with Gasteiger partial charge in [0.05, 0.1) is 0 Å². The number of carbonyl (C=O) groups excluding carboxylic acids is 1. The van der Waals surface area contributed by atoms with Crippen LogP contribution >= 0.6 is 12.6 Å². The number of aryl methyl sites for hydroxylation is 1. The number of halogens is 1. The van der Waals surface area contributed by atoms with Gasteiger partial charge < -0.3 is 10.1 Å². The number of ketones is 1. The normalized spacial score (nSPS) is 12.2. The number of ether oxygens (including phenoxy) is 1. The highest BCUT2D eigenvalue weighted by atomic mass is 32.1. The van der Waals surface area contributed by atoms with Crippen LogP contribution in [0.4, 0.5) is 4.39 Å². The Hall–Kier alpha value is -1.07. The van der Waals surface area contributed by atoms with E-state index in [1.165, 1.54) is 6.07 Å². The Kier molecular flexibility index (Phi) is 7.62. The molecule has 3 nitrogen and oxygen atoms in total. The lowest BCUT2D eigenvalue weighted by molar-refractivity contribution is -0.118. The summed E-state index contributed by atoms with van der Waals surface area (Å²) in [6.45, 7) is 4.91. The lowest BCUT2D eigenvalue weighted by Crippen LogP contribution is -2.26. The molecule has 0 aliphatic rings. The van der Waals surface area contributed by atoms with Crippen LogP contribution in [-0.4, -0.2) is 24.3 Å². The zero-order valence-electron chi connectivity index (χ0n) is 12.0. The zero-order valence-corrected chi connectivity index (χ0v) is 12.9. The molecular formula is C15H22FNO2S. The Morgan fingerprint density at radius 2 is 2.25 bits per heavy atom. The van der Waals surface area contributed by atoms with Crippen molar-refractivity contribution >= 4 is 18.4 Å². The molecule has 0 heterocycles. The SMILES string of the molecule is CCC(=O)CCc1cc(OCCNC(C)S)ccc1F. The molecule has 0 spiro atoms. The second-order valence-electron chi connectivity index (χ2n) is 4.62. The van der Waals surface area contributed by atoms with Crippen LogP contribution in [0, 0.1) is 5.82 Å².